The average Bonchev–Trinajstić information content (AvgIpc) is 2.50. The molecule has 0 spiro atoms. The van der Waals surface area contributed by atoms with Crippen LogP contribution in [0, 0.1) is 12.3 Å². The van der Waals surface area contributed by atoms with Gasteiger partial charge >= 0.3 is 5.97 Å². The highest BCUT2D eigenvalue weighted by Crippen LogP contribution is 2.35. The monoisotopic (exact) mass is 267 g/mol. The number of hydrogen-bond donors (Lipinski definition) is 1. The van der Waals surface area contributed by atoms with E-state index >= 15 is 0 Å². The van der Waals surface area contributed by atoms with Crippen LogP contribution in [0.25, 0.3) is 0 Å². The van der Waals surface area contributed by atoms with Gasteiger partial charge in [0.05, 0.1) is 7.11 Å². The van der Waals surface area contributed by atoms with Gasteiger partial charge in [-0.05, 0) is 32.6 Å². The van der Waals surface area contributed by atoms with Crippen LogP contribution in [-0.4, -0.2) is 22.6 Å². The molecule has 0 bridgehead atoms. The standard InChI is InChI=1S/C14H25N3O2/c1-9-16-10(12(18)19-7)11(15)17(9)14(5,6)8-13(2,3)4/h8,15H2,1-7H3. The Morgan fingerprint density at radius 3 is 2.26 bits per heavy atom. The van der Waals surface area contributed by atoms with Crippen molar-refractivity contribution in [3.05, 3.63) is 11.5 Å². The molecule has 0 aromatic carbocycles. The smallest absolute Gasteiger partial charge is 0.360 e. The lowest BCUT2D eigenvalue weighted by atomic mass is 9.81. The van der Waals surface area contributed by atoms with Gasteiger partial charge in [-0.15, -0.1) is 0 Å². The van der Waals surface area contributed by atoms with E-state index in [1.165, 1.54) is 7.11 Å². The van der Waals surface area contributed by atoms with Crippen molar-refractivity contribution >= 4 is 11.8 Å². The minimum Gasteiger partial charge on any atom is -0.464 e. The maximum Gasteiger partial charge on any atom is 0.360 e. The lowest BCUT2D eigenvalue weighted by Crippen LogP contribution is -2.33. The van der Waals surface area contributed by atoms with Crippen LogP contribution >= 0.6 is 0 Å². The summed E-state index contributed by atoms with van der Waals surface area (Å²) in [5, 5.41) is 0. The summed E-state index contributed by atoms with van der Waals surface area (Å²) in [7, 11) is 1.33. The maximum absolute atomic E-state index is 11.6. The van der Waals surface area contributed by atoms with Crippen molar-refractivity contribution in [3.63, 3.8) is 0 Å². The Morgan fingerprint density at radius 2 is 1.84 bits per heavy atom. The summed E-state index contributed by atoms with van der Waals surface area (Å²) >= 11 is 0. The van der Waals surface area contributed by atoms with Crippen LogP contribution in [0.1, 0.15) is 57.4 Å². The highest BCUT2D eigenvalue weighted by molar-refractivity contribution is 5.92. The molecule has 0 unspecified atom stereocenters. The number of esters is 1. The molecule has 2 N–H and O–H groups in total. The van der Waals surface area contributed by atoms with E-state index in [0.29, 0.717) is 5.82 Å². The van der Waals surface area contributed by atoms with Crippen molar-refractivity contribution in [1.82, 2.24) is 9.55 Å². The van der Waals surface area contributed by atoms with Gasteiger partial charge in [0.1, 0.15) is 11.6 Å². The number of nitrogens with zero attached hydrogens (tertiary/aromatic N) is 2. The molecule has 0 atom stereocenters. The number of carbonyl (C=O) groups is 1. The van der Waals surface area contributed by atoms with E-state index in [0.717, 1.165) is 12.2 Å². The van der Waals surface area contributed by atoms with Crippen LogP contribution in [0.15, 0.2) is 0 Å². The number of anilines is 1. The molecule has 1 aromatic rings. The molecule has 0 aliphatic heterocycles. The SMILES string of the molecule is COC(=O)c1nc(C)n(C(C)(C)CC(C)(C)C)c1N. The number of imidazole rings is 1. The van der Waals surface area contributed by atoms with Crippen LogP contribution in [-0.2, 0) is 10.3 Å². The lowest BCUT2D eigenvalue weighted by molar-refractivity contribution is 0.0595. The van der Waals surface area contributed by atoms with E-state index in [4.69, 9.17) is 10.5 Å². The second-order valence-corrected chi connectivity index (χ2v) is 6.77. The molecule has 5 nitrogen and oxygen atoms in total. The third-order valence-corrected chi connectivity index (χ3v) is 3.03. The summed E-state index contributed by atoms with van der Waals surface area (Å²) in [6, 6.07) is 0. The van der Waals surface area contributed by atoms with Crippen LogP contribution in [0.2, 0.25) is 0 Å². The molecule has 1 aromatic heterocycles. The fourth-order valence-corrected chi connectivity index (χ4v) is 2.94. The highest BCUT2D eigenvalue weighted by atomic mass is 16.5. The summed E-state index contributed by atoms with van der Waals surface area (Å²) in [5.74, 6) is 0.608. The second-order valence-electron chi connectivity index (χ2n) is 6.77. The van der Waals surface area contributed by atoms with Crippen molar-refractivity contribution in [2.45, 2.75) is 53.5 Å². The minimum atomic E-state index is -0.495. The number of hydrogen-bond acceptors (Lipinski definition) is 4. The molecule has 0 fully saturated rings. The summed E-state index contributed by atoms with van der Waals surface area (Å²) in [4.78, 5) is 15.9. The normalized spacial score (nSPS) is 12.6. The van der Waals surface area contributed by atoms with E-state index in [9.17, 15) is 4.79 Å². The molecule has 0 amide bonds. The van der Waals surface area contributed by atoms with E-state index in [1.807, 2.05) is 11.5 Å². The van der Waals surface area contributed by atoms with Gasteiger partial charge in [-0.2, -0.15) is 0 Å². The first-order valence-corrected chi connectivity index (χ1v) is 6.43. The fraction of sp³-hybridized carbons (Fsp3) is 0.714. The topological polar surface area (TPSA) is 70.1 Å². The van der Waals surface area contributed by atoms with E-state index < -0.39 is 5.97 Å². The molecular weight excluding hydrogens is 242 g/mol. The Balaban J connectivity index is 3.28. The van der Waals surface area contributed by atoms with Gasteiger partial charge in [0.25, 0.3) is 0 Å². The Labute approximate surface area is 115 Å². The number of nitrogens with two attached hydrogens (primary N) is 1. The average molecular weight is 267 g/mol. The zero-order chi connectivity index (χ0) is 15.0. The van der Waals surface area contributed by atoms with E-state index in [1.54, 1.807) is 0 Å². The molecule has 1 rings (SSSR count). The van der Waals surface area contributed by atoms with Crippen LogP contribution in [0.5, 0.6) is 0 Å². The van der Waals surface area contributed by atoms with Crippen molar-refractivity contribution in [2.75, 3.05) is 12.8 Å². The summed E-state index contributed by atoms with van der Waals surface area (Å²) < 4.78 is 6.63. The van der Waals surface area contributed by atoms with Crippen molar-refractivity contribution in [2.24, 2.45) is 5.41 Å². The number of aromatic nitrogens is 2. The predicted molar refractivity (Wildman–Crippen MR) is 76.1 cm³/mol. The molecular formula is C14H25N3O2. The molecule has 0 radical (unpaired) electrons. The summed E-state index contributed by atoms with van der Waals surface area (Å²) in [6.07, 6.45) is 0.919. The Hall–Kier alpha value is -1.52. The molecule has 0 saturated carbocycles. The molecule has 108 valence electrons. The number of carbonyl (C=O) groups excluding carboxylic acids is 1. The molecule has 19 heavy (non-hydrogen) atoms. The number of ether oxygens (including phenoxy) is 1. The van der Waals surface area contributed by atoms with Crippen molar-refractivity contribution in [1.29, 1.82) is 0 Å². The largest absolute Gasteiger partial charge is 0.464 e. The number of rotatable bonds is 3. The number of aryl methyl sites for hydroxylation is 1. The maximum atomic E-state index is 11.6. The molecule has 0 saturated heterocycles. The summed E-state index contributed by atoms with van der Waals surface area (Å²) in [5.41, 5.74) is 6.22. The number of methoxy groups -OCH3 is 1. The Morgan fingerprint density at radius 1 is 1.32 bits per heavy atom. The number of nitrogen functional groups attached to an aromatic ring is 1. The van der Waals surface area contributed by atoms with Gasteiger partial charge in [-0.1, -0.05) is 20.8 Å². The minimum absolute atomic E-state index is 0.151. The quantitative estimate of drug-likeness (QED) is 0.855. The van der Waals surface area contributed by atoms with Gasteiger partial charge in [0, 0.05) is 5.54 Å². The van der Waals surface area contributed by atoms with E-state index in [2.05, 4.69) is 39.6 Å². The molecule has 0 aliphatic rings. The van der Waals surface area contributed by atoms with Crippen LogP contribution in [0.4, 0.5) is 5.82 Å². The fourth-order valence-electron chi connectivity index (χ4n) is 2.94. The first kappa shape index (κ1) is 15.5. The third kappa shape index (κ3) is 3.28. The first-order valence-electron chi connectivity index (χ1n) is 6.43. The van der Waals surface area contributed by atoms with Crippen molar-refractivity contribution in [3.8, 4) is 0 Å². The van der Waals surface area contributed by atoms with Crippen molar-refractivity contribution < 1.29 is 9.53 Å². The van der Waals surface area contributed by atoms with E-state index in [-0.39, 0.29) is 16.6 Å². The predicted octanol–water partition coefficient (Wildman–Crippen LogP) is 2.73. The Bertz CT molecular complexity index is 482. The Kier molecular flexibility index (Phi) is 3.98. The lowest BCUT2D eigenvalue weighted by Gasteiger charge is -2.35. The second kappa shape index (κ2) is 4.87. The van der Waals surface area contributed by atoms with Gasteiger partial charge in [-0.3, -0.25) is 0 Å². The zero-order valence-electron chi connectivity index (χ0n) is 13.0. The van der Waals surface area contributed by atoms with Gasteiger partial charge < -0.3 is 15.0 Å². The first-order chi connectivity index (χ1) is 8.49. The highest BCUT2D eigenvalue weighted by Gasteiger charge is 2.32. The zero-order valence-corrected chi connectivity index (χ0v) is 13.0. The summed E-state index contributed by atoms with van der Waals surface area (Å²) in [6.45, 7) is 12.6. The van der Waals surface area contributed by atoms with Crippen LogP contribution in [0.3, 0.4) is 0 Å². The van der Waals surface area contributed by atoms with Gasteiger partial charge in [-0.25, -0.2) is 9.78 Å². The molecule has 0 aliphatic carbocycles. The van der Waals surface area contributed by atoms with Gasteiger partial charge in [0.15, 0.2) is 5.69 Å². The third-order valence-electron chi connectivity index (χ3n) is 3.03. The molecule has 1 heterocycles. The van der Waals surface area contributed by atoms with Crippen LogP contribution < -0.4 is 5.73 Å². The molecule has 5 heteroatoms. The van der Waals surface area contributed by atoms with Gasteiger partial charge in [0.2, 0.25) is 0 Å².